The lowest BCUT2D eigenvalue weighted by Gasteiger charge is -2.26. The van der Waals surface area contributed by atoms with Gasteiger partial charge in [-0.1, -0.05) is 70.4 Å². The molecule has 1 saturated carbocycles. The molecule has 2 aromatic rings. The summed E-state index contributed by atoms with van der Waals surface area (Å²) in [4.78, 5) is 0. The van der Waals surface area contributed by atoms with Crippen molar-refractivity contribution < 1.29 is 9.84 Å². The fourth-order valence-electron chi connectivity index (χ4n) is 3.44. The normalized spacial score (nSPS) is 20.3. The summed E-state index contributed by atoms with van der Waals surface area (Å²) in [5.41, 5.74) is 1.40. The van der Waals surface area contributed by atoms with Gasteiger partial charge in [0.1, 0.15) is 11.5 Å². The van der Waals surface area contributed by atoms with Crippen LogP contribution in [0.5, 0.6) is 11.5 Å². The van der Waals surface area contributed by atoms with Gasteiger partial charge in [-0.05, 0) is 66.8 Å². The third-order valence-electron chi connectivity index (χ3n) is 5.70. The zero-order valence-corrected chi connectivity index (χ0v) is 17.2. The molecule has 0 amide bonds. The standard InChI is InChI=1S/C13H18O.C12H18O/c1-10-2-4-11(5-3-10)12-6-8-13(14)9-7-12;1-3-11(2)9-10-13-12-7-5-4-6-8-12/h6-11,14H,2-5H2,1H3;4-8,11H,3,9-10H2,1-2H3. The lowest BCUT2D eigenvalue weighted by Crippen LogP contribution is -2.10. The summed E-state index contributed by atoms with van der Waals surface area (Å²) in [6.45, 7) is 7.65. The maximum Gasteiger partial charge on any atom is 0.119 e. The summed E-state index contributed by atoms with van der Waals surface area (Å²) >= 11 is 0. The van der Waals surface area contributed by atoms with Gasteiger partial charge in [-0.15, -0.1) is 0 Å². The summed E-state index contributed by atoms with van der Waals surface area (Å²) < 4.78 is 5.58. The maximum absolute atomic E-state index is 9.20. The van der Waals surface area contributed by atoms with Crippen molar-refractivity contribution >= 4 is 0 Å². The molecule has 3 rings (SSSR count). The Bertz CT molecular complexity index is 613. The third kappa shape index (κ3) is 8.07. The van der Waals surface area contributed by atoms with E-state index in [0.29, 0.717) is 5.75 Å². The van der Waals surface area contributed by atoms with E-state index < -0.39 is 0 Å². The molecule has 2 nitrogen and oxygen atoms in total. The molecule has 0 bridgehead atoms. The molecule has 1 aliphatic carbocycles. The van der Waals surface area contributed by atoms with Crippen molar-refractivity contribution in [2.45, 2.75) is 65.2 Å². The number of hydrogen-bond acceptors (Lipinski definition) is 2. The van der Waals surface area contributed by atoms with Gasteiger partial charge >= 0.3 is 0 Å². The highest BCUT2D eigenvalue weighted by molar-refractivity contribution is 5.28. The second-order valence-corrected chi connectivity index (χ2v) is 8.01. The Hall–Kier alpha value is -1.96. The average molecular weight is 369 g/mol. The van der Waals surface area contributed by atoms with E-state index in [1.165, 1.54) is 37.7 Å². The molecular weight excluding hydrogens is 332 g/mol. The zero-order chi connectivity index (χ0) is 19.5. The van der Waals surface area contributed by atoms with Crippen molar-refractivity contribution in [1.82, 2.24) is 0 Å². The minimum atomic E-state index is 0.373. The lowest BCUT2D eigenvalue weighted by molar-refractivity contribution is 0.281. The Kier molecular flexibility index (Phi) is 9.24. The van der Waals surface area contributed by atoms with Crippen LogP contribution in [0.1, 0.15) is 70.8 Å². The SMILES string of the molecule is CC1CCC(c2ccc(O)cc2)CC1.CCC(C)CCOc1ccccc1. The smallest absolute Gasteiger partial charge is 0.119 e. The zero-order valence-electron chi connectivity index (χ0n) is 17.2. The highest BCUT2D eigenvalue weighted by Crippen LogP contribution is 2.35. The number of phenolic OH excluding ortho intramolecular Hbond substituents is 1. The van der Waals surface area contributed by atoms with Gasteiger partial charge in [0, 0.05) is 0 Å². The van der Waals surface area contributed by atoms with Crippen molar-refractivity contribution in [3.8, 4) is 11.5 Å². The van der Waals surface area contributed by atoms with Crippen LogP contribution in [0.3, 0.4) is 0 Å². The second-order valence-electron chi connectivity index (χ2n) is 8.01. The summed E-state index contributed by atoms with van der Waals surface area (Å²) in [5, 5.41) is 9.20. The van der Waals surface area contributed by atoms with Crippen molar-refractivity contribution in [3.63, 3.8) is 0 Å². The monoisotopic (exact) mass is 368 g/mol. The van der Waals surface area contributed by atoms with E-state index in [1.54, 1.807) is 12.1 Å². The third-order valence-corrected chi connectivity index (χ3v) is 5.70. The van der Waals surface area contributed by atoms with Crippen LogP contribution in [0.25, 0.3) is 0 Å². The number of aromatic hydroxyl groups is 1. The molecular formula is C25H36O2. The summed E-state index contributed by atoms with van der Waals surface area (Å²) in [6.07, 6.45) is 7.71. The van der Waals surface area contributed by atoms with Gasteiger partial charge in [0.15, 0.2) is 0 Å². The molecule has 0 saturated heterocycles. The lowest BCUT2D eigenvalue weighted by atomic mass is 9.79. The van der Waals surface area contributed by atoms with E-state index in [-0.39, 0.29) is 0 Å². The van der Waals surface area contributed by atoms with Gasteiger partial charge in [-0.3, -0.25) is 0 Å². The highest BCUT2D eigenvalue weighted by Gasteiger charge is 2.19. The Morgan fingerprint density at radius 1 is 0.963 bits per heavy atom. The van der Waals surface area contributed by atoms with Crippen LogP contribution in [0, 0.1) is 11.8 Å². The summed E-state index contributed by atoms with van der Waals surface area (Å²) in [7, 11) is 0. The Labute approximate surface area is 165 Å². The first-order chi connectivity index (χ1) is 13.1. The van der Waals surface area contributed by atoms with Gasteiger partial charge in [-0.25, -0.2) is 0 Å². The van der Waals surface area contributed by atoms with E-state index in [0.717, 1.165) is 36.5 Å². The van der Waals surface area contributed by atoms with Crippen LogP contribution in [-0.2, 0) is 0 Å². The van der Waals surface area contributed by atoms with Gasteiger partial charge in [0.2, 0.25) is 0 Å². The number of para-hydroxylation sites is 1. The van der Waals surface area contributed by atoms with Crippen molar-refractivity contribution in [2.24, 2.45) is 11.8 Å². The fraction of sp³-hybridized carbons (Fsp3) is 0.520. The topological polar surface area (TPSA) is 29.5 Å². The van der Waals surface area contributed by atoms with Crippen molar-refractivity contribution in [1.29, 1.82) is 0 Å². The molecule has 1 fully saturated rings. The Morgan fingerprint density at radius 3 is 2.19 bits per heavy atom. The molecule has 2 heteroatoms. The van der Waals surface area contributed by atoms with E-state index >= 15 is 0 Å². The van der Waals surface area contributed by atoms with Crippen LogP contribution in [0.4, 0.5) is 0 Å². The molecule has 1 atom stereocenters. The number of ether oxygens (including phenoxy) is 1. The summed E-state index contributed by atoms with van der Waals surface area (Å²) in [6, 6.07) is 17.7. The van der Waals surface area contributed by atoms with E-state index in [1.807, 2.05) is 30.3 Å². The minimum absolute atomic E-state index is 0.373. The minimum Gasteiger partial charge on any atom is -0.508 e. The van der Waals surface area contributed by atoms with E-state index in [2.05, 4.69) is 32.9 Å². The van der Waals surface area contributed by atoms with Crippen LogP contribution in [0.15, 0.2) is 54.6 Å². The average Bonchev–Trinajstić information content (AvgIpc) is 2.70. The van der Waals surface area contributed by atoms with Crippen molar-refractivity contribution in [2.75, 3.05) is 6.61 Å². The molecule has 1 N–H and O–H groups in total. The van der Waals surface area contributed by atoms with Crippen LogP contribution >= 0.6 is 0 Å². The molecule has 1 unspecified atom stereocenters. The van der Waals surface area contributed by atoms with Crippen LogP contribution in [0.2, 0.25) is 0 Å². The Morgan fingerprint density at radius 2 is 1.59 bits per heavy atom. The van der Waals surface area contributed by atoms with Crippen LogP contribution < -0.4 is 4.74 Å². The molecule has 0 radical (unpaired) electrons. The predicted octanol–water partition coefficient (Wildman–Crippen LogP) is 7.19. The van der Waals surface area contributed by atoms with Gasteiger partial charge in [0.25, 0.3) is 0 Å². The molecule has 0 aromatic heterocycles. The highest BCUT2D eigenvalue weighted by atomic mass is 16.5. The first-order valence-electron chi connectivity index (χ1n) is 10.5. The first-order valence-corrected chi connectivity index (χ1v) is 10.5. The maximum atomic E-state index is 9.20. The van der Waals surface area contributed by atoms with Crippen molar-refractivity contribution in [3.05, 3.63) is 60.2 Å². The fourth-order valence-corrected chi connectivity index (χ4v) is 3.44. The quantitative estimate of drug-likeness (QED) is 0.585. The van der Waals surface area contributed by atoms with Gasteiger partial charge in [-0.2, -0.15) is 0 Å². The molecule has 0 spiro atoms. The molecule has 27 heavy (non-hydrogen) atoms. The molecule has 0 heterocycles. The molecule has 2 aromatic carbocycles. The summed E-state index contributed by atoms with van der Waals surface area (Å²) in [5.74, 6) is 3.75. The Balaban J connectivity index is 0.000000194. The van der Waals surface area contributed by atoms with Gasteiger partial charge < -0.3 is 9.84 Å². The van der Waals surface area contributed by atoms with E-state index in [9.17, 15) is 5.11 Å². The number of phenols is 1. The molecule has 1 aliphatic rings. The number of benzene rings is 2. The predicted molar refractivity (Wildman–Crippen MR) is 114 cm³/mol. The molecule has 0 aliphatic heterocycles. The van der Waals surface area contributed by atoms with Crippen LogP contribution in [-0.4, -0.2) is 11.7 Å². The van der Waals surface area contributed by atoms with Gasteiger partial charge in [0.05, 0.1) is 6.61 Å². The number of rotatable bonds is 6. The molecule has 148 valence electrons. The van der Waals surface area contributed by atoms with E-state index in [4.69, 9.17) is 4.74 Å². The first kappa shape index (κ1) is 21.3. The largest absolute Gasteiger partial charge is 0.508 e. The number of hydrogen-bond donors (Lipinski definition) is 1. The second kappa shape index (κ2) is 11.7.